The van der Waals surface area contributed by atoms with Crippen LogP contribution in [0.5, 0.6) is 0 Å². The minimum atomic E-state index is 0.500. The van der Waals surface area contributed by atoms with Crippen LogP contribution in [0.2, 0.25) is 0 Å². The summed E-state index contributed by atoms with van der Waals surface area (Å²) in [5.41, 5.74) is 0. The van der Waals surface area contributed by atoms with Crippen molar-refractivity contribution < 1.29 is 0 Å². The average Bonchev–Trinajstić information content (AvgIpc) is 2.68. The van der Waals surface area contributed by atoms with E-state index in [2.05, 4.69) is 35.8 Å². The van der Waals surface area contributed by atoms with Crippen LogP contribution < -0.4 is 5.32 Å². The first-order valence-corrected chi connectivity index (χ1v) is 7.74. The van der Waals surface area contributed by atoms with E-state index in [-0.39, 0.29) is 0 Å². The first-order valence-electron chi connectivity index (χ1n) is 6.75. The Morgan fingerprint density at radius 3 is 3.00 bits per heavy atom. The fourth-order valence-electron chi connectivity index (χ4n) is 2.63. The molecule has 0 saturated carbocycles. The Bertz CT molecular complexity index is 212. The molecule has 2 fully saturated rings. The Morgan fingerprint density at radius 1 is 1.38 bits per heavy atom. The highest BCUT2D eigenvalue weighted by atomic mass is 32.2. The number of rotatable bonds is 3. The third-order valence-corrected chi connectivity index (χ3v) is 5.26. The summed E-state index contributed by atoms with van der Waals surface area (Å²) in [6, 6.07) is 0.809. The topological polar surface area (TPSA) is 15.3 Å². The number of hydrogen-bond acceptors (Lipinski definition) is 3. The van der Waals surface area contributed by atoms with Gasteiger partial charge in [0.05, 0.1) is 0 Å². The van der Waals surface area contributed by atoms with E-state index in [9.17, 15) is 0 Å². The van der Waals surface area contributed by atoms with Crippen molar-refractivity contribution in [2.45, 2.75) is 50.3 Å². The molecule has 1 N–H and O–H groups in total. The third-order valence-electron chi connectivity index (χ3n) is 3.89. The fourth-order valence-corrected chi connectivity index (χ4v) is 3.77. The maximum atomic E-state index is 3.60. The molecule has 2 aliphatic rings. The quantitative estimate of drug-likeness (QED) is 0.818. The summed E-state index contributed by atoms with van der Waals surface area (Å²) in [5, 5.41) is 3.60. The van der Waals surface area contributed by atoms with Crippen LogP contribution >= 0.6 is 11.8 Å². The summed E-state index contributed by atoms with van der Waals surface area (Å²) in [4.78, 5) is 2.67. The Kier molecular flexibility index (Phi) is 4.57. The van der Waals surface area contributed by atoms with Gasteiger partial charge >= 0.3 is 0 Å². The van der Waals surface area contributed by atoms with Crippen molar-refractivity contribution in [1.82, 2.24) is 10.2 Å². The zero-order valence-electron chi connectivity index (χ0n) is 10.8. The molecule has 2 rings (SSSR count). The predicted octanol–water partition coefficient (Wildman–Crippen LogP) is 2.35. The van der Waals surface area contributed by atoms with Gasteiger partial charge in [-0.25, -0.2) is 0 Å². The van der Waals surface area contributed by atoms with Crippen LogP contribution in [0.15, 0.2) is 0 Å². The van der Waals surface area contributed by atoms with Crippen molar-refractivity contribution in [3.8, 4) is 0 Å². The molecule has 0 radical (unpaired) electrons. The molecular formula is C13H26N2S. The molecular weight excluding hydrogens is 216 g/mol. The lowest BCUT2D eigenvalue weighted by Crippen LogP contribution is -2.32. The Morgan fingerprint density at radius 2 is 2.25 bits per heavy atom. The normalized spacial score (nSPS) is 31.5. The zero-order valence-corrected chi connectivity index (χ0v) is 11.6. The Labute approximate surface area is 105 Å². The van der Waals surface area contributed by atoms with Gasteiger partial charge in [-0.2, -0.15) is 11.8 Å². The van der Waals surface area contributed by atoms with E-state index in [0.29, 0.717) is 4.75 Å². The van der Waals surface area contributed by atoms with Gasteiger partial charge in [-0.15, -0.1) is 0 Å². The molecule has 0 aliphatic carbocycles. The van der Waals surface area contributed by atoms with Gasteiger partial charge in [-0.1, -0.05) is 13.8 Å². The maximum Gasteiger partial charge on any atom is 0.0116 e. The number of nitrogens with one attached hydrogen (secondary N) is 1. The zero-order chi connectivity index (χ0) is 11.4. The molecule has 0 spiro atoms. The van der Waals surface area contributed by atoms with Gasteiger partial charge in [-0.05, 0) is 45.3 Å². The van der Waals surface area contributed by atoms with Crippen LogP contribution in [0.1, 0.15) is 39.5 Å². The SMILES string of the molecule is CC1(C)CCN(CCC2CCCN2)CCS1. The largest absolute Gasteiger partial charge is 0.314 e. The van der Waals surface area contributed by atoms with Crippen LogP contribution in [0.25, 0.3) is 0 Å². The maximum absolute atomic E-state index is 3.60. The first kappa shape index (κ1) is 12.7. The molecule has 0 aromatic heterocycles. The van der Waals surface area contributed by atoms with Crippen molar-refractivity contribution in [3.63, 3.8) is 0 Å². The van der Waals surface area contributed by atoms with Crippen molar-refractivity contribution in [3.05, 3.63) is 0 Å². The molecule has 0 aromatic carbocycles. The van der Waals surface area contributed by atoms with Gasteiger partial charge in [-0.3, -0.25) is 0 Å². The van der Waals surface area contributed by atoms with Crippen LogP contribution in [-0.4, -0.2) is 47.6 Å². The third kappa shape index (κ3) is 3.94. The summed E-state index contributed by atoms with van der Waals surface area (Å²) in [5.74, 6) is 1.31. The molecule has 0 amide bonds. The van der Waals surface area contributed by atoms with Crippen molar-refractivity contribution in [2.75, 3.05) is 31.9 Å². The Balaban J connectivity index is 1.69. The first-order chi connectivity index (χ1) is 7.66. The van der Waals surface area contributed by atoms with Gasteiger partial charge in [0.25, 0.3) is 0 Å². The minimum Gasteiger partial charge on any atom is -0.314 e. The van der Waals surface area contributed by atoms with Gasteiger partial charge in [0.1, 0.15) is 0 Å². The summed E-state index contributed by atoms with van der Waals surface area (Å²) >= 11 is 2.15. The van der Waals surface area contributed by atoms with Crippen LogP contribution in [0.4, 0.5) is 0 Å². The second-order valence-corrected chi connectivity index (χ2v) is 7.58. The number of thioether (sulfide) groups is 1. The molecule has 1 atom stereocenters. The molecule has 2 saturated heterocycles. The summed E-state index contributed by atoms with van der Waals surface area (Å²) in [6.45, 7) is 9.91. The minimum absolute atomic E-state index is 0.500. The Hall–Kier alpha value is 0.270. The molecule has 0 bridgehead atoms. The van der Waals surface area contributed by atoms with E-state index in [1.807, 2.05) is 0 Å². The van der Waals surface area contributed by atoms with E-state index < -0.39 is 0 Å². The van der Waals surface area contributed by atoms with Crippen molar-refractivity contribution in [2.24, 2.45) is 0 Å². The molecule has 2 nitrogen and oxygen atoms in total. The molecule has 2 aliphatic heterocycles. The lowest BCUT2D eigenvalue weighted by atomic mass is 10.1. The standard InChI is InChI=1S/C13H26N2S/c1-13(2)6-9-15(10-11-16-13)8-5-12-4-3-7-14-12/h12,14H,3-11H2,1-2H3. The number of hydrogen-bond donors (Lipinski definition) is 1. The van der Waals surface area contributed by atoms with Crippen molar-refractivity contribution >= 4 is 11.8 Å². The summed E-state index contributed by atoms with van der Waals surface area (Å²) in [6.07, 6.45) is 5.47. The van der Waals surface area contributed by atoms with Gasteiger partial charge in [0.15, 0.2) is 0 Å². The fraction of sp³-hybridized carbons (Fsp3) is 1.00. The van der Waals surface area contributed by atoms with E-state index >= 15 is 0 Å². The number of nitrogens with zero attached hydrogens (tertiary/aromatic N) is 1. The predicted molar refractivity (Wildman–Crippen MR) is 73.2 cm³/mol. The van der Waals surface area contributed by atoms with Gasteiger partial charge in [0.2, 0.25) is 0 Å². The van der Waals surface area contributed by atoms with E-state index in [1.54, 1.807) is 0 Å². The highest BCUT2D eigenvalue weighted by Gasteiger charge is 2.24. The van der Waals surface area contributed by atoms with E-state index in [4.69, 9.17) is 0 Å². The molecule has 1 unspecified atom stereocenters. The van der Waals surface area contributed by atoms with Crippen molar-refractivity contribution in [1.29, 1.82) is 0 Å². The monoisotopic (exact) mass is 242 g/mol. The highest BCUT2D eigenvalue weighted by molar-refractivity contribution is 8.00. The average molecular weight is 242 g/mol. The van der Waals surface area contributed by atoms with Crippen LogP contribution in [0.3, 0.4) is 0 Å². The van der Waals surface area contributed by atoms with Crippen LogP contribution in [0, 0.1) is 0 Å². The smallest absolute Gasteiger partial charge is 0.0116 e. The highest BCUT2D eigenvalue weighted by Crippen LogP contribution is 2.30. The second kappa shape index (κ2) is 5.74. The van der Waals surface area contributed by atoms with Gasteiger partial charge in [0, 0.05) is 23.1 Å². The molecule has 16 heavy (non-hydrogen) atoms. The summed E-state index contributed by atoms with van der Waals surface area (Å²) < 4.78 is 0.500. The molecule has 94 valence electrons. The molecule has 3 heteroatoms. The van der Waals surface area contributed by atoms with Crippen LogP contribution in [-0.2, 0) is 0 Å². The lowest BCUT2D eigenvalue weighted by molar-refractivity contribution is 0.269. The van der Waals surface area contributed by atoms with E-state index in [0.717, 1.165) is 6.04 Å². The molecule has 0 aromatic rings. The van der Waals surface area contributed by atoms with E-state index in [1.165, 1.54) is 57.6 Å². The lowest BCUT2D eigenvalue weighted by Gasteiger charge is -2.23. The summed E-state index contributed by atoms with van der Waals surface area (Å²) in [7, 11) is 0. The van der Waals surface area contributed by atoms with Gasteiger partial charge < -0.3 is 10.2 Å². The second-order valence-electron chi connectivity index (χ2n) is 5.78. The molecule has 2 heterocycles.